The lowest BCUT2D eigenvalue weighted by Crippen LogP contribution is -2.33. The first-order valence-corrected chi connectivity index (χ1v) is 9.71. The Balaban J connectivity index is 1.86. The number of aryl methyl sites for hydroxylation is 1. The molecule has 3 rings (SSSR count). The molecule has 126 valence electrons. The Bertz CT molecular complexity index is 839. The minimum atomic E-state index is -3.31. The van der Waals surface area contributed by atoms with Gasteiger partial charge in [0.05, 0.1) is 6.26 Å². The van der Waals surface area contributed by atoms with E-state index >= 15 is 0 Å². The standard InChI is InChI=1S/C18H20N2O3S/c1-13-3-5-14(6-4-13)18(21)20(17-11-12-17)16-9-7-15(8-10-16)19-24(2,22)23/h3-10,17,19H,11-12H2,1-2H3. The van der Waals surface area contributed by atoms with Gasteiger partial charge in [-0.25, -0.2) is 8.42 Å². The lowest BCUT2D eigenvalue weighted by molar-refractivity contribution is 0.0985. The van der Waals surface area contributed by atoms with Gasteiger partial charge in [-0.1, -0.05) is 17.7 Å². The van der Waals surface area contributed by atoms with Crippen LogP contribution >= 0.6 is 0 Å². The zero-order valence-corrected chi connectivity index (χ0v) is 14.5. The van der Waals surface area contributed by atoms with E-state index in [2.05, 4.69) is 4.72 Å². The van der Waals surface area contributed by atoms with Gasteiger partial charge in [0.2, 0.25) is 10.0 Å². The van der Waals surface area contributed by atoms with Crippen LogP contribution in [0, 0.1) is 6.92 Å². The normalized spacial score (nSPS) is 14.2. The zero-order chi connectivity index (χ0) is 17.3. The lowest BCUT2D eigenvalue weighted by Gasteiger charge is -2.23. The molecule has 0 unspecified atom stereocenters. The van der Waals surface area contributed by atoms with Crippen molar-refractivity contribution in [1.82, 2.24) is 0 Å². The summed E-state index contributed by atoms with van der Waals surface area (Å²) in [7, 11) is -3.31. The van der Waals surface area contributed by atoms with Crippen LogP contribution in [0.2, 0.25) is 0 Å². The van der Waals surface area contributed by atoms with E-state index in [0.29, 0.717) is 11.3 Å². The highest BCUT2D eigenvalue weighted by atomic mass is 32.2. The maximum absolute atomic E-state index is 12.9. The zero-order valence-electron chi connectivity index (χ0n) is 13.7. The summed E-state index contributed by atoms with van der Waals surface area (Å²) in [6, 6.07) is 14.7. The summed E-state index contributed by atoms with van der Waals surface area (Å²) < 4.78 is 25.0. The molecule has 2 aromatic carbocycles. The topological polar surface area (TPSA) is 66.5 Å². The van der Waals surface area contributed by atoms with Crippen molar-refractivity contribution in [3.05, 3.63) is 59.7 Å². The van der Waals surface area contributed by atoms with Crippen LogP contribution in [0.5, 0.6) is 0 Å². The van der Waals surface area contributed by atoms with Gasteiger partial charge in [0.15, 0.2) is 0 Å². The van der Waals surface area contributed by atoms with Crippen molar-refractivity contribution in [3.8, 4) is 0 Å². The molecule has 0 radical (unpaired) electrons. The van der Waals surface area contributed by atoms with E-state index in [1.54, 1.807) is 29.2 Å². The van der Waals surface area contributed by atoms with Gasteiger partial charge in [0, 0.05) is 23.0 Å². The van der Waals surface area contributed by atoms with E-state index in [4.69, 9.17) is 0 Å². The molecule has 0 bridgehead atoms. The molecule has 0 aliphatic heterocycles. The average molecular weight is 344 g/mol. The molecule has 0 aromatic heterocycles. The molecule has 5 nitrogen and oxygen atoms in total. The largest absolute Gasteiger partial charge is 0.305 e. The third-order valence-corrected chi connectivity index (χ3v) is 4.48. The SMILES string of the molecule is Cc1ccc(C(=O)N(c2ccc(NS(C)(=O)=O)cc2)C2CC2)cc1. The van der Waals surface area contributed by atoms with Crippen molar-refractivity contribution >= 4 is 27.3 Å². The molecule has 0 spiro atoms. The minimum Gasteiger partial charge on any atom is -0.305 e. The van der Waals surface area contributed by atoms with Crippen LogP contribution in [0.1, 0.15) is 28.8 Å². The number of amides is 1. The molecule has 1 amide bonds. The van der Waals surface area contributed by atoms with Gasteiger partial charge >= 0.3 is 0 Å². The lowest BCUT2D eigenvalue weighted by atomic mass is 10.1. The van der Waals surface area contributed by atoms with Crippen molar-refractivity contribution in [2.75, 3.05) is 15.9 Å². The first-order chi connectivity index (χ1) is 11.3. The molecule has 1 aliphatic carbocycles. The third-order valence-electron chi connectivity index (χ3n) is 3.88. The van der Waals surface area contributed by atoms with Gasteiger partial charge in [0.1, 0.15) is 0 Å². The third kappa shape index (κ3) is 3.94. The number of nitrogens with one attached hydrogen (secondary N) is 1. The van der Waals surface area contributed by atoms with Gasteiger partial charge in [0.25, 0.3) is 5.91 Å². The van der Waals surface area contributed by atoms with Crippen LogP contribution in [0.4, 0.5) is 11.4 Å². The van der Waals surface area contributed by atoms with Crippen molar-refractivity contribution in [3.63, 3.8) is 0 Å². The number of hydrogen-bond acceptors (Lipinski definition) is 3. The monoisotopic (exact) mass is 344 g/mol. The second-order valence-corrected chi connectivity index (χ2v) is 7.94. The summed E-state index contributed by atoms with van der Waals surface area (Å²) in [5.41, 5.74) is 3.04. The molecular formula is C18H20N2O3S. The van der Waals surface area contributed by atoms with E-state index in [-0.39, 0.29) is 11.9 Å². The highest BCUT2D eigenvalue weighted by Crippen LogP contribution is 2.33. The molecule has 24 heavy (non-hydrogen) atoms. The van der Waals surface area contributed by atoms with E-state index in [9.17, 15) is 13.2 Å². The summed E-state index contributed by atoms with van der Waals surface area (Å²) in [6.07, 6.45) is 3.08. The number of hydrogen-bond donors (Lipinski definition) is 1. The van der Waals surface area contributed by atoms with E-state index in [1.807, 2.05) is 31.2 Å². The maximum Gasteiger partial charge on any atom is 0.258 e. The molecule has 1 N–H and O–H groups in total. The molecular weight excluding hydrogens is 324 g/mol. The number of rotatable bonds is 5. The Morgan fingerprint density at radius 3 is 2.12 bits per heavy atom. The van der Waals surface area contributed by atoms with Crippen LogP contribution in [0.15, 0.2) is 48.5 Å². The van der Waals surface area contributed by atoms with Gasteiger partial charge in [-0.2, -0.15) is 0 Å². The highest BCUT2D eigenvalue weighted by molar-refractivity contribution is 7.92. The van der Waals surface area contributed by atoms with E-state index in [1.165, 1.54) is 0 Å². The van der Waals surface area contributed by atoms with E-state index < -0.39 is 10.0 Å². The van der Waals surface area contributed by atoms with Gasteiger partial charge in [-0.3, -0.25) is 9.52 Å². The minimum absolute atomic E-state index is 0.0266. The van der Waals surface area contributed by atoms with Crippen LogP contribution in [-0.2, 0) is 10.0 Å². The van der Waals surface area contributed by atoms with E-state index in [0.717, 1.165) is 30.3 Å². The fourth-order valence-corrected chi connectivity index (χ4v) is 3.13. The average Bonchev–Trinajstić information content (AvgIpc) is 3.33. The molecule has 0 saturated heterocycles. The molecule has 1 fully saturated rings. The number of carbonyl (C=O) groups excluding carboxylic acids is 1. The number of nitrogens with zero attached hydrogens (tertiary/aromatic N) is 1. The number of benzene rings is 2. The van der Waals surface area contributed by atoms with Crippen molar-refractivity contribution < 1.29 is 13.2 Å². The smallest absolute Gasteiger partial charge is 0.258 e. The Morgan fingerprint density at radius 2 is 1.62 bits per heavy atom. The quantitative estimate of drug-likeness (QED) is 0.906. The summed E-state index contributed by atoms with van der Waals surface area (Å²) in [4.78, 5) is 14.7. The molecule has 0 heterocycles. The predicted molar refractivity (Wildman–Crippen MR) is 95.9 cm³/mol. The number of carbonyl (C=O) groups is 1. The maximum atomic E-state index is 12.9. The van der Waals surface area contributed by atoms with Gasteiger partial charge in [-0.05, 0) is 56.2 Å². The van der Waals surface area contributed by atoms with Gasteiger partial charge < -0.3 is 4.90 Å². The van der Waals surface area contributed by atoms with Crippen LogP contribution < -0.4 is 9.62 Å². The molecule has 1 saturated carbocycles. The number of anilines is 2. The Morgan fingerprint density at radius 1 is 1.04 bits per heavy atom. The van der Waals surface area contributed by atoms with Crippen molar-refractivity contribution in [2.45, 2.75) is 25.8 Å². The van der Waals surface area contributed by atoms with Crippen LogP contribution in [-0.4, -0.2) is 26.6 Å². The Hall–Kier alpha value is -2.34. The first-order valence-electron chi connectivity index (χ1n) is 7.81. The second kappa shape index (κ2) is 6.28. The molecule has 1 aliphatic rings. The Labute approximate surface area is 142 Å². The Kier molecular flexibility index (Phi) is 4.32. The van der Waals surface area contributed by atoms with Crippen LogP contribution in [0.3, 0.4) is 0 Å². The molecule has 2 aromatic rings. The highest BCUT2D eigenvalue weighted by Gasteiger charge is 2.34. The summed E-state index contributed by atoms with van der Waals surface area (Å²) in [6.45, 7) is 1.99. The van der Waals surface area contributed by atoms with Crippen molar-refractivity contribution in [2.24, 2.45) is 0 Å². The van der Waals surface area contributed by atoms with Crippen LogP contribution in [0.25, 0.3) is 0 Å². The summed E-state index contributed by atoms with van der Waals surface area (Å²) in [5.74, 6) is -0.0266. The summed E-state index contributed by atoms with van der Waals surface area (Å²) in [5, 5.41) is 0. The fourth-order valence-electron chi connectivity index (χ4n) is 2.57. The molecule has 6 heteroatoms. The second-order valence-electron chi connectivity index (χ2n) is 6.19. The van der Waals surface area contributed by atoms with Gasteiger partial charge in [-0.15, -0.1) is 0 Å². The van der Waals surface area contributed by atoms with Crippen molar-refractivity contribution in [1.29, 1.82) is 0 Å². The number of sulfonamides is 1. The summed E-state index contributed by atoms with van der Waals surface area (Å²) >= 11 is 0. The first kappa shape index (κ1) is 16.5. The predicted octanol–water partition coefficient (Wildman–Crippen LogP) is 3.18. The molecule has 0 atom stereocenters. The fraction of sp³-hybridized carbons (Fsp3) is 0.278.